The topological polar surface area (TPSA) is 66.4 Å². The van der Waals surface area contributed by atoms with E-state index in [2.05, 4.69) is 5.32 Å². The zero-order valence-corrected chi connectivity index (χ0v) is 12.3. The third kappa shape index (κ3) is 3.32. The predicted octanol–water partition coefficient (Wildman–Crippen LogP) is 3.35. The summed E-state index contributed by atoms with van der Waals surface area (Å²) in [7, 11) is 0. The maximum atomic E-state index is 13.6. The highest BCUT2D eigenvalue weighted by atomic mass is 19.1. The van der Waals surface area contributed by atoms with Crippen molar-refractivity contribution in [2.45, 2.75) is 26.7 Å². The maximum absolute atomic E-state index is 13.6. The molecule has 1 aromatic carbocycles. The number of aliphatic carboxylic acids is 1. The van der Waals surface area contributed by atoms with Crippen LogP contribution in [-0.2, 0) is 9.59 Å². The Morgan fingerprint density at radius 1 is 1.14 bits per heavy atom. The van der Waals surface area contributed by atoms with Gasteiger partial charge in [-0.15, -0.1) is 0 Å². The second kappa shape index (κ2) is 6.25. The maximum Gasteiger partial charge on any atom is 0.307 e. The Morgan fingerprint density at radius 2 is 1.73 bits per heavy atom. The second-order valence-electron chi connectivity index (χ2n) is 5.63. The van der Waals surface area contributed by atoms with Crippen molar-refractivity contribution in [3.05, 3.63) is 41.0 Å². The van der Waals surface area contributed by atoms with Crippen LogP contribution >= 0.6 is 0 Å². The van der Waals surface area contributed by atoms with Crippen LogP contribution in [0.3, 0.4) is 0 Å². The van der Waals surface area contributed by atoms with E-state index >= 15 is 0 Å². The fourth-order valence-corrected chi connectivity index (χ4v) is 2.64. The molecule has 2 rings (SSSR count). The van der Waals surface area contributed by atoms with Crippen LogP contribution in [0.5, 0.6) is 0 Å². The largest absolute Gasteiger partial charge is 0.481 e. The number of halogens is 2. The minimum atomic E-state index is -1.05. The van der Waals surface area contributed by atoms with Crippen LogP contribution in [0, 0.1) is 23.5 Å². The van der Waals surface area contributed by atoms with E-state index in [0.717, 1.165) is 23.3 Å². The van der Waals surface area contributed by atoms with Gasteiger partial charge in [0.05, 0.1) is 17.5 Å². The second-order valence-corrected chi connectivity index (χ2v) is 5.63. The number of hydrogen-bond donors (Lipinski definition) is 2. The number of carbonyl (C=O) groups is 2. The van der Waals surface area contributed by atoms with Gasteiger partial charge in [0.25, 0.3) is 0 Å². The molecule has 2 unspecified atom stereocenters. The summed E-state index contributed by atoms with van der Waals surface area (Å²) in [6.45, 7) is 3.70. The van der Waals surface area contributed by atoms with Crippen LogP contribution in [-0.4, -0.2) is 17.0 Å². The molecular weight excluding hydrogens is 292 g/mol. The molecule has 0 fully saturated rings. The lowest BCUT2D eigenvalue weighted by atomic mass is 9.76. The fraction of sp³-hybridized carbons (Fsp3) is 0.375. The quantitative estimate of drug-likeness (QED) is 0.841. The number of benzene rings is 1. The number of carbonyl (C=O) groups excluding carboxylic acids is 1. The van der Waals surface area contributed by atoms with Gasteiger partial charge in [0.2, 0.25) is 5.91 Å². The number of amides is 1. The van der Waals surface area contributed by atoms with Crippen molar-refractivity contribution in [1.82, 2.24) is 0 Å². The number of allylic oxidation sites excluding steroid dienone is 2. The average Bonchev–Trinajstić information content (AvgIpc) is 2.44. The molecule has 1 aliphatic rings. The van der Waals surface area contributed by atoms with Crippen LogP contribution in [0.2, 0.25) is 0 Å². The van der Waals surface area contributed by atoms with Crippen LogP contribution in [0.1, 0.15) is 26.7 Å². The van der Waals surface area contributed by atoms with Gasteiger partial charge in [0, 0.05) is 6.07 Å². The summed E-state index contributed by atoms with van der Waals surface area (Å²) in [5.74, 6) is -4.86. The molecule has 6 heteroatoms. The minimum Gasteiger partial charge on any atom is -0.481 e. The van der Waals surface area contributed by atoms with E-state index in [1.54, 1.807) is 0 Å². The number of hydrogen-bond acceptors (Lipinski definition) is 2. The summed E-state index contributed by atoms with van der Waals surface area (Å²) in [4.78, 5) is 23.7. The molecule has 1 amide bonds. The zero-order chi connectivity index (χ0) is 16.4. The first kappa shape index (κ1) is 16.1. The molecule has 0 radical (unpaired) electrons. The third-order valence-corrected chi connectivity index (χ3v) is 4.11. The summed E-state index contributed by atoms with van der Waals surface area (Å²) in [5, 5.41) is 11.7. The molecule has 0 saturated carbocycles. The van der Waals surface area contributed by atoms with Gasteiger partial charge in [-0.05, 0) is 38.8 Å². The van der Waals surface area contributed by atoms with Crippen molar-refractivity contribution in [1.29, 1.82) is 0 Å². The van der Waals surface area contributed by atoms with E-state index in [9.17, 15) is 23.5 Å². The van der Waals surface area contributed by atoms with E-state index in [-0.39, 0.29) is 5.69 Å². The van der Waals surface area contributed by atoms with Crippen LogP contribution < -0.4 is 5.32 Å². The Kier molecular flexibility index (Phi) is 4.59. The average molecular weight is 309 g/mol. The van der Waals surface area contributed by atoms with Crippen LogP contribution in [0.4, 0.5) is 14.5 Å². The molecule has 0 spiro atoms. The van der Waals surface area contributed by atoms with Crippen molar-refractivity contribution in [2.24, 2.45) is 11.8 Å². The molecule has 0 aliphatic heterocycles. The standard InChI is InChI=1S/C16H17F2NO3/c1-8-5-11(12(16(21)22)6-9(8)2)15(20)19-14-4-3-10(17)7-13(14)18/h3-4,7,11-12H,5-6H2,1-2H3,(H,19,20)(H,21,22). The molecular formula is C16H17F2NO3. The van der Waals surface area contributed by atoms with Crippen molar-refractivity contribution in [2.75, 3.05) is 5.32 Å². The highest BCUT2D eigenvalue weighted by Crippen LogP contribution is 2.35. The molecule has 4 nitrogen and oxygen atoms in total. The van der Waals surface area contributed by atoms with Gasteiger partial charge < -0.3 is 10.4 Å². The van der Waals surface area contributed by atoms with E-state index in [0.29, 0.717) is 18.9 Å². The molecule has 118 valence electrons. The van der Waals surface area contributed by atoms with Gasteiger partial charge in [-0.1, -0.05) is 11.1 Å². The number of anilines is 1. The Bertz CT molecular complexity index is 655. The highest BCUT2D eigenvalue weighted by Gasteiger charge is 2.37. The Balaban J connectivity index is 2.21. The first-order chi connectivity index (χ1) is 10.3. The van der Waals surface area contributed by atoms with Gasteiger partial charge in [-0.25, -0.2) is 8.78 Å². The molecule has 0 heterocycles. The monoisotopic (exact) mass is 309 g/mol. The molecule has 1 aliphatic carbocycles. The van der Waals surface area contributed by atoms with E-state index in [1.807, 2.05) is 13.8 Å². The van der Waals surface area contributed by atoms with Gasteiger partial charge >= 0.3 is 5.97 Å². The van der Waals surface area contributed by atoms with Gasteiger partial charge in [-0.3, -0.25) is 9.59 Å². The molecule has 0 bridgehead atoms. The summed E-state index contributed by atoms with van der Waals surface area (Å²) in [5.41, 5.74) is 1.78. The van der Waals surface area contributed by atoms with E-state index in [4.69, 9.17) is 0 Å². The number of carboxylic acids is 1. The molecule has 0 saturated heterocycles. The predicted molar refractivity (Wildman–Crippen MR) is 77.2 cm³/mol. The molecule has 0 aromatic heterocycles. The molecule has 2 atom stereocenters. The highest BCUT2D eigenvalue weighted by molar-refractivity contribution is 5.95. The SMILES string of the molecule is CC1=C(C)CC(C(=O)Nc2ccc(F)cc2F)C(C(=O)O)C1. The third-order valence-electron chi connectivity index (χ3n) is 4.11. The lowest BCUT2D eigenvalue weighted by molar-refractivity contribution is -0.146. The number of nitrogens with one attached hydrogen (secondary N) is 1. The van der Waals surface area contributed by atoms with Crippen molar-refractivity contribution < 1.29 is 23.5 Å². The van der Waals surface area contributed by atoms with Crippen LogP contribution in [0.15, 0.2) is 29.3 Å². The molecule has 22 heavy (non-hydrogen) atoms. The summed E-state index contributed by atoms with van der Waals surface area (Å²) >= 11 is 0. The minimum absolute atomic E-state index is 0.153. The van der Waals surface area contributed by atoms with Crippen molar-refractivity contribution in [3.8, 4) is 0 Å². The lowest BCUT2D eigenvalue weighted by Crippen LogP contribution is -2.36. The number of carboxylic acid groups (broad SMARTS) is 1. The van der Waals surface area contributed by atoms with Crippen molar-refractivity contribution >= 4 is 17.6 Å². The van der Waals surface area contributed by atoms with Crippen LogP contribution in [0.25, 0.3) is 0 Å². The van der Waals surface area contributed by atoms with Gasteiger partial charge in [0.15, 0.2) is 0 Å². The normalized spacial score (nSPS) is 21.6. The van der Waals surface area contributed by atoms with E-state index in [1.165, 1.54) is 0 Å². The van der Waals surface area contributed by atoms with E-state index < -0.39 is 35.3 Å². The summed E-state index contributed by atoms with van der Waals surface area (Å²) in [6, 6.07) is 2.82. The first-order valence-corrected chi connectivity index (χ1v) is 6.93. The summed E-state index contributed by atoms with van der Waals surface area (Å²) in [6.07, 6.45) is 0.614. The Hall–Kier alpha value is -2.24. The Morgan fingerprint density at radius 3 is 2.27 bits per heavy atom. The zero-order valence-electron chi connectivity index (χ0n) is 12.3. The van der Waals surface area contributed by atoms with Crippen molar-refractivity contribution in [3.63, 3.8) is 0 Å². The molecule has 1 aromatic rings. The first-order valence-electron chi connectivity index (χ1n) is 6.93. The van der Waals surface area contributed by atoms with Gasteiger partial charge in [0.1, 0.15) is 11.6 Å². The fourth-order valence-electron chi connectivity index (χ4n) is 2.64. The smallest absolute Gasteiger partial charge is 0.307 e. The van der Waals surface area contributed by atoms with Gasteiger partial charge in [-0.2, -0.15) is 0 Å². The summed E-state index contributed by atoms with van der Waals surface area (Å²) < 4.78 is 26.5. The lowest BCUT2D eigenvalue weighted by Gasteiger charge is -2.29. The number of rotatable bonds is 3. The molecule has 2 N–H and O–H groups in total. The Labute approximate surface area is 126 Å².